The van der Waals surface area contributed by atoms with Crippen molar-refractivity contribution in [3.63, 3.8) is 0 Å². The van der Waals surface area contributed by atoms with Gasteiger partial charge in [0.05, 0.1) is 90.1 Å². The van der Waals surface area contributed by atoms with Gasteiger partial charge >= 0.3 is 0 Å². The first-order chi connectivity index (χ1) is 22.8. The van der Waals surface area contributed by atoms with Crippen molar-refractivity contribution in [3.05, 3.63) is 0 Å². The molecule has 12 N–H and O–H groups in total. The zero-order valence-electron chi connectivity index (χ0n) is 26.4. The third-order valence-electron chi connectivity index (χ3n) is 6.40. The summed E-state index contributed by atoms with van der Waals surface area (Å²) in [5.41, 5.74) is 0. The maximum Gasteiger partial charge on any atom is 0.240 e. The number of rotatable bonds is 26. The number of carbonyl (C=O) groups excluding carboxylic acids is 6. The first kappa shape index (κ1) is 44.8. The van der Waals surface area contributed by atoms with Crippen molar-refractivity contribution in [1.29, 1.82) is 0 Å². The van der Waals surface area contributed by atoms with E-state index in [4.69, 9.17) is 0 Å². The first-order valence-corrected chi connectivity index (χ1v) is 15.4. The fraction of sp³-hybridized carbons (Fsp3) is 0.769. The predicted molar refractivity (Wildman–Crippen MR) is 168 cm³/mol. The average Bonchev–Trinajstić information content (AvgIpc) is 3.06. The summed E-state index contributed by atoms with van der Waals surface area (Å²) < 4.78 is 0. The van der Waals surface area contributed by atoms with E-state index in [2.05, 4.69) is 33.9 Å². The molecule has 0 bridgehead atoms. The molecule has 21 nitrogen and oxygen atoms in total. The first-order valence-electron chi connectivity index (χ1n) is 14.8. The molecule has 6 amide bonds. The van der Waals surface area contributed by atoms with Crippen LogP contribution in [0.1, 0.15) is 0 Å². The summed E-state index contributed by atoms with van der Waals surface area (Å²) in [4.78, 5) is 79.8. The van der Waals surface area contributed by atoms with Crippen molar-refractivity contribution < 1.29 is 69.6 Å². The monoisotopic (exact) mass is 715 g/mol. The number of aliphatic hydroxyl groups excluding tert-OH is 8. The van der Waals surface area contributed by atoms with Crippen LogP contribution in [0.25, 0.3) is 0 Å². The zero-order valence-corrected chi connectivity index (χ0v) is 27.3. The van der Waals surface area contributed by atoms with Gasteiger partial charge in [0.1, 0.15) is 26.2 Å². The predicted octanol–water partition coefficient (Wildman–Crippen LogP) is -9.25. The highest BCUT2D eigenvalue weighted by Crippen LogP contribution is 2.02. The molecule has 0 unspecified atom stereocenters. The van der Waals surface area contributed by atoms with E-state index in [9.17, 15) is 69.6 Å². The second-order valence-electron chi connectivity index (χ2n) is 10.5. The Labute approximate surface area is 282 Å². The van der Waals surface area contributed by atoms with Crippen molar-refractivity contribution in [3.8, 4) is 0 Å². The number of aliphatic hydroxyl groups is 8. The molecule has 0 rings (SSSR count). The van der Waals surface area contributed by atoms with Crippen molar-refractivity contribution in [2.75, 3.05) is 104 Å². The maximum absolute atomic E-state index is 13.4. The minimum atomic E-state index is -1.06. The number of thiol groups is 1. The SMILES string of the molecule is O=C(CN(CC(=O)NC(CO)CO)C(=O)CN(CCS)CC(=O)N(CC(=O)NC(CO)CO)CC(=O)NC(CO)CO)NC(CO)CO. The van der Waals surface area contributed by atoms with E-state index in [1.165, 1.54) is 4.90 Å². The standard InChI is InChI=1S/C26H49N7O14S/c34-9-17(10-35)27-21(42)3-32(4-22(43)28-18(11-36)12-37)25(46)7-31(1-2-48)8-26(47)33(5-23(44)29-19(13-38)14-39)6-24(45)30-20(15-40)16-41/h17-20,34-41,48H,1-16H2,(H,27,42)(H,28,43)(H,29,44)(H,30,45). The van der Waals surface area contributed by atoms with Crippen molar-refractivity contribution >= 4 is 48.1 Å². The van der Waals surface area contributed by atoms with Crippen LogP contribution in [0.4, 0.5) is 0 Å². The summed E-state index contributed by atoms with van der Waals surface area (Å²) in [6.07, 6.45) is 0. The van der Waals surface area contributed by atoms with E-state index in [1.54, 1.807) is 0 Å². The van der Waals surface area contributed by atoms with Gasteiger partial charge in [0, 0.05) is 12.3 Å². The van der Waals surface area contributed by atoms with E-state index in [0.29, 0.717) is 0 Å². The van der Waals surface area contributed by atoms with Crippen LogP contribution >= 0.6 is 12.6 Å². The second kappa shape index (κ2) is 25.8. The largest absolute Gasteiger partial charge is 0.394 e. The molecule has 0 aliphatic heterocycles. The van der Waals surface area contributed by atoms with Crippen LogP contribution in [-0.2, 0) is 28.8 Å². The zero-order chi connectivity index (χ0) is 36.6. The Hall–Kier alpha value is -3.19. The molecule has 0 saturated heterocycles. The molecule has 0 spiro atoms. The minimum Gasteiger partial charge on any atom is -0.394 e. The van der Waals surface area contributed by atoms with E-state index in [1.807, 2.05) is 0 Å². The van der Waals surface area contributed by atoms with Gasteiger partial charge in [-0.25, -0.2) is 0 Å². The van der Waals surface area contributed by atoms with Gasteiger partial charge in [-0.15, -0.1) is 0 Å². The highest BCUT2D eigenvalue weighted by atomic mass is 32.1. The third kappa shape index (κ3) is 18.4. The normalized spacial score (nSPS) is 11.3. The summed E-state index contributed by atoms with van der Waals surface area (Å²) in [6, 6.07) is -4.26. The lowest BCUT2D eigenvalue weighted by Gasteiger charge is -2.29. The molecule has 0 saturated carbocycles. The van der Waals surface area contributed by atoms with Crippen molar-refractivity contribution in [2.24, 2.45) is 0 Å². The molecule has 278 valence electrons. The van der Waals surface area contributed by atoms with E-state index in [-0.39, 0.29) is 12.3 Å². The Morgan fingerprint density at radius 2 is 0.667 bits per heavy atom. The molecular weight excluding hydrogens is 666 g/mol. The Morgan fingerprint density at radius 1 is 0.438 bits per heavy atom. The highest BCUT2D eigenvalue weighted by Gasteiger charge is 2.28. The molecule has 48 heavy (non-hydrogen) atoms. The van der Waals surface area contributed by atoms with Crippen LogP contribution in [0, 0.1) is 0 Å². The van der Waals surface area contributed by atoms with Crippen LogP contribution in [-0.4, -0.2) is 220 Å². The van der Waals surface area contributed by atoms with Gasteiger partial charge < -0.3 is 71.9 Å². The van der Waals surface area contributed by atoms with Gasteiger partial charge in [0.15, 0.2) is 0 Å². The molecule has 0 radical (unpaired) electrons. The fourth-order valence-corrected chi connectivity index (χ4v) is 4.07. The molecule has 0 heterocycles. The molecule has 0 aromatic carbocycles. The summed E-state index contributed by atoms with van der Waals surface area (Å²) in [5.74, 6) is -5.09. The molecule has 0 aliphatic carbocycles. The van der Waals surface area contributed by atoms with Gasteiger partial charge in [0.2, 0.25) is 35.4 Å². The van der Waals surface area contributed by atoms with Gasteiger partial charge in [-0.2, -0.15) is 12.6 Å². The Morgan fingerprint density at radius 3 is 0.854 bits per heavy atom. The van der Waals surface area contributed by atoms with Gasteiger partial charge in [-0.3, -0.25) is 33.7 Å². The van der Waals surface area contributed by atoms with Crippen molar-refractivity contribution in [1.82, 2.24) is 36.0 Å². The average molecular weight is 716 g/mol. The number of hydrogen-bond donors (Lipinski definition) is 13. The maximum atomic E-state index is 13.4. The number of nitrogens with zero attached hydrogens (tertiary/aromatic N) is 3. The summed E-state index contributed by atoms with van der Waals surface area (Å²) >= 11 is 4.13. The van der Waals surface area contributed by atoms with Crippen LogP contribution in [0.5, 0.6) is 0 Å². The minimum absolute atomic E-state index is 0.0263. The summed E-state index contributed by atoms with van der Waals surface area (Å²) in [7, 11) is 0. The molecule has 0 aliphatic rings. The van der Waals surface area contributed by atoms with Crippen LogP contribution in [0.15, 0.2) is 0 Å². The van der Waals surface area contributed by atoms with E-state index >= 15 is 0 Å². The molecule has 0 aromatic rings. The molecule has 0 atom stereocenters. The van der Waals surface area contributed by atoms with Crippen LogP contribution in [0.3, 0.4) is 0 Å². The summed E-state index contributed by atoms with van der Waals surface area (Å²) in [5, 5.41) is 83.2. The van der Waals surface area contributed by atoms with Gasteiger partial charge in [-0.1, -0.05) is 0 Å². The second-order valence-corrected chi connectivity index (χ2v) is 10.9. The highest BCUT2D eigenvalue weighted by molar-refractivity contribution is 7.80. The molecule has 0 aromatic heterocycles. The number of carbonyl (C=O) groups is 6. The number of nitrogens with one attached hydrogen (secondary N) is 4. The van der Waals surface area contributed by atoms with E-state index < -0.39 is 152 Å². The fourth-order valence-electron chi connectivity index (χ4n) is 3.79. The van der Waals surface area contributed by atoms with Gasteiger partial charge in [0.25, 0.3) is 0 Å². The lowest BCUT2D eigenvalue weighted by atomic mass is 10.3. The lowest BCUT2D eigenvalue weighted by molar-refractivity contribution is -0.143. The third-order valence-corrected chi connectivity index (χ3v) is 6.60. The topological polar surface area (TPSA) is 322 Å². The smallest absolute Gasteiger partial charge is 0.240 e. The lowest BCUT2D eigenvalue weighted by Crippen LogP contribution is -2.54. The van der Waals surface area contributed by atoms with E-state index in [0.717, 1.165) is 9.80 Å². The molecular formula is C26H49N7O14S. The Kier molecular flexibility index (Phi) is 24.1. The summed E-state index contributed by atoms with van der Waals surface area (Å²) in [6.45, 7) is -9.21. The Bertz CT molecular complexity index is 868. The Balaban J connectivity index is 6.05. The number of hydrogen-bond acceptors (Lipinski definition) is 16. The number of amides is 6. The molecule has 22 heteroatoms. The molecule has 0 fully saturated rings. The quantitative estimate of drug-likeness (QED) is 0.0370. The van der Waals surface area contributed by atoms with Crippen LogP contribution in [0.2, 0.25) is 0 Å². The van der Waals surface area contributed by atoms with Crippen LogP contribution < -0.4 is 21.3 Å². The van der Waals surface area contributed by atoms with Crippen molar-refractivity contribution in [2.45, 2.75) is 24.2 Å². The van der Waals surface area contributed by atoms with Gasteiger partial charge in [-0.05, 0) is 0 Å².